The van der Waals surface area contributed by atoms with Crippen LogP contribution in [0.1, 0.15) is 21.3 Å². The van der Waals surface area contributed by atoms with Crippen LogP contribution in [0.25, 0.3) is 0 Å². The zero-order valence-corrected chi connectivity index (χ0v) is 17.0. The highest BCUT2D eigenvalue weighted by molar-refractivity contribution is 8.00. The Kier molecular flexibility index (Phi) is 5.72. The average molecular weight is 422 g/mol. The first-order chi connectivity index (χ1) is 14.5. The van der Waals surface area contributed by atoms with Gasteiger partial charge in [-0.1, -0.05) is 18.2 Å². The lowest BCUT2D eigenvalue weighted by atomic mass is 10.1. The van der Waals surface area contributed by atoms with Crippen molar-refractivity contribution in [2.45, 2.75) is 5.37 Å². The van der Waals surface area contributed by atoms with Gasteiger partial charge in [0.05, 0.1) is 12.9 Å². The van der Waals surface area contributed by atoms with Gasteiger partial charge in [-0.25, -0.2) is 4.39 Å². The van der Waals surface area contributed by atoms with Crippen LogP contribution in [0.2, 0.25) is 0 Å². The second kappa shape index (κ2) is 8.59. The SMILES string of the molecule is COc1ccc(N2C(=O)CS[C@H]2c2ccc(NC(=O)c3cccc(F)c3)cc2)cc1. The summed E-state index contributed by atoms with van der Waals surface area (Å²) in [5, 5.41) is 2.61. The van der Waals surface area contributed by atoms with Crippen molar-refractivity contribution in [2.24, 2.45) is 0 Å². The lowest BCUT2D eigenvalue weighted by molar-refractivity contribution is -0.115. The number of amides is 2. The van der Waals surface area contributed by atoms with Crippen LogP contribution in [0, 0.1) is 5.82 Å². The summed E-state index contributed by atoms with van der Waals surface area (Å²) in [7, 11) is 1.60. The van der Waals surface area contributed by atoms with Crippen LogP contribution in [-0.2, 0) is 4.79 Å². The van der Waals surface area contributed by atoms with Crippen LogP contribution in [0.3, 0.4) is 0 Å². The first-order valence-electron chi connectivity index (χ1n) is 9.30. The molecule has 1 aliphatic rings. The lowest BCUT2D eigenvalue weighted by Gasteiger charge is -2.24. The number of nitrogens with zero attached hydrogens (tertiary/aromatic N) is 1. The van der Waals surface area contributed by atoms with Crippen molar-refractivity contribution in [1.82, 2.24) is 0 Å². The molecule has 152 valence electrons. The zero-order valence-electron chi connectivity index (χ0n) is 16.2. The first-order valence-corrected chi connectivity index (χ1v) is 10.3. The molecule has 3 aromatic rings. The van der Waals surface area contributed by atoms with Crippen molar-refractivity contribution < 1.29 is 18.7 Å². The van der Waals surface area contributed by atoms with Gasteiger partial charge in [-0.05, 0) is 60.2 Å². The van der Waals surface area contributed by atoms with E-state index in [4.69, 9.17) is 4.74 Å². The molecule has 1 N–H and O–H groups in total. The molecule has 0 aliphatic carbocycles. The van der Waals surface area contributed by atoms with Crippen LogP contribution in [0.4, 0.5) is 15.8 Å². The number of anilines is 2. The Morgan fingerprint density at radius 2 is 1.83 bits per heavy atom. The topological polar surface area (TPSA) is 58.6 Å². The molecule has 1 aliphatic heterocycles. The number of methoxy groups -OCH3 is 1. The molecule has 4 rings (SSSR count). The normalized spacial score (nSPS) is 15.9. The van der Waals surface area contributed by atoms with Gasteiger partial charge in [-0.15, -0.1) is 11.8 Å². The predicted molar refractivity (Wildman–Crippen MR) is 116 cm³/mol. The summed E-state index contributed by atoms with van der Waals surface area (Å²) in [5.41, 5.74) is 2.60. The number of carbonyl (C=O) groups is 2. The predicted octanol–water partition coefficient (Wildman–Crippen LogP) is 4.87. The maximum Gasteiger partial charge on any atom is 0.255 e. The number of hydrogen-bond acceptors (Lipinski definition) is 4. The van der Waals surface area contributed by atoms with Gasteiger partial charge in [0.15, 0.2) is 0 Å². The first kappa shape index (κ1) is 20.0. The van der Waals surface area contributed by atoms with Crippen molar-refractivity contribution in [3.63, 3.8) is 0 Å². The van der Waals surface area contributed by atoms with Gasteiger partial charge in [-0.2, -0.15) is 0 Å². The molecule has 1 atom stereocenters. The van der Waals surface area contributed by atoms with Gasteiger partial charge in [0, 0.05) is 16.9 Å². The van der Waals surface area contributed by atoms with Crippen molar-refractivity contribution in [2.75, 3.05) is 23.1 Å². The van der Waals surface area contributed by atoms with Gasteiger partial charge >= 0.3 is 0 Å². The number of rotatable bonds is 5. The third-order valence-electron chi connectivity index (χ3n) is 4.76. The van der Waals surface area contributed by atoms with E-state index in [1.165, 1.54) is 18.2 Å². The van der Waals surface area contributed by atoms with E-state index in [1.54, 1.807) is 42.0 Å². The summed E-state index contributed by atoms with van der Waals surface area (Å²) in [6.45, 7) is 0. The van der Waals surface area contributed by atoms with E-state index in [0.29, 0.717) is 11.4 Å². The molecule has 0 aromatic heterocycles. The molecule has 0 unspecified atom stereocenters. The molecule has 0 spiro atoms. The number of thioether (sulfide) groups is 1. The van der Waals surface area contributed by atoms with Gasteiger partial charge in [-0.3, -0.25) is 14.5 Å². The number of hydrogen-bond donors (Lipinski definition) is 1. The van der Waals surface area contributed by atoms with Crippen molar-refractivity contribution >= 4 is 35.0 Å². The molecule has 2 amide bonds. The minimum absolute atomic E-state index is 0.0404. The van der Waals surface area contributed by atoms with Crippen LogP contribution in [0.15, 0.2) is 72.8 Å². The number of nitrogens with one attached hydrogen (secondary N) is 1. The Morgan fingerprint density at radius 1 is 1.10 bits per heavy atom. The Labute approximate surface area is 177 Å². The molecular formula is C23H19FN2O3S. The maximum atomic E-state index is 13.3. The van der Waals surface area contributed by atoms with Crippen molar-refractivity contribution in [3.05, 3.63) is 89.7 Å². The minimum Gasteiger partial charge on any atom is -0.497 e. The van der Waals surface area contributed by atoms with Crippen LogP contribution < -0.4 is 15.0 Å². The third-order valence-corrected chi connectivity index (χ3v) is 5.97. The molecule has 3 aromatic carbocycles. The van der Waals surface area contributed by atoms with E-state index in [2.05, 4.69) is 5.32 Å². The number of halogens is 1. The monoisotopic (exact) mass is 422 g/mol. The molecule has 7 heteroatoms. The fraction of sp³-hybridized carbons (Fsp3) is 0.130. The largest absolute Gasteiger partial charge is 0.497 e. The smallest absolute Gasteiger partial charge is 0.255 e. The van der Waals surface area contributed by atoms with Crippen molar-refractivity contribution in [1.29, 1.82) is 0 Å². The molecule has 1 heterocycles. The average Bonchev–Trinajstić information content (AvgIpc) is 3.15. The highest BCUT2D eigenvalue weighted by Gasteiger charge is 2.34. The highest BCUT2D eigenvalue weighted by atomic mass is 32.2. The summed E-state index contributed by atoms with van der Waals surface area (Å²) in [5.74, 6) is 0.327. The Hall–Kier alpha value is -3.32. The van der Waals surface area contributed by atoms with Crippen LogP contribution in [0.5, 0.6) is 5.75 Å². The second-order valence-corrected chi connectivity index (χ2v) is 7.78. The molecular weight excluding hydrogens is 403 g/mol. The summed E-state index contributed by atoms with van der Waals surface area (Å²) >= 11 is 1.55. The van der Waals surface area contributed by atoms with Gasteiger partial charge in [0.25, 0.3) is 5.91 Å². The van der Waals surface area contributed by atoms with Crippen LogP contribution in [-0.4, -0.2) is 24.7 Å². The molecule has 0 radical (unpaired) electrons. The summed E-state index contributed by atoms with van der Waals surface area (Å²) in [4.78, 5) is 26.6. The summed E-state index contributed by atoms with van der Waals surface area (Å²) in [6, 6.07) is 20.2. The van der Waals surface area contributed by atoms with Gasteiger partial charge < -0.3 is 10.1 Å². The fourth-order valence-electron chi connectivity index (χ4n) is 3.26. The van der Waals surface area contributed by atoms with Gasteiger partial charge in [0.2, 0.25) is 5.91 Å². The standard InChI is InChI=1S/C23H19FN2O3S/c1-29-20-11-9-19(10-12-20)26-21(27)14-30-23(26)15-5-7-18(8-6-15)25-22(28)16-3-2-4-17(24)13-16/h2-13,23H,14H2,1H3,(H,25,28)/t23-/m0/s1. The third kappa shape index (κ3) is 4.16. The van der Waals surface area contributed by atoms with E-state index in [0.717, 1.165) is 17.0 Å². The van der Waals surface area contributed by atoms with E-state index >= 15 is 0 Å². The maximum absolute atomic E-state index is 13.3. The van der Waals surface area contributed by atoms with Crippen LogP contribution >= 0.6 is 11.8 Å². The van der Waals surface area contributed by atoms with E-state index in [1.807, 2.05) is 36.4 Å². The highest BCUT2D eigenvalue weighted by Crippen LogP contribution is 2.42. The summed E-state index contributed by atoms with van der Waals surface area (Å²) < 4.78 is 18.5. The Morgan fingerprint density at radius 3 is 2.50 bits per heavy atom. The van der Waals surface area contributed by atoms with Gasteiger partial charge in [0.1, 0.15) is 16.9 Å². The second-order valence-electron chi connectivity index (χ2n) is 6.71. The molecule has 0 saturated carbocycles. The molecule has 0 bridgehead atoms. The minimum atomic E-state index is -0.459. The van der Waals surface area contributed by atoms with Crippen molar-refractivity contribution in [3.8, 4) is 5.75 Å². The Bertz CT molecular complexity index is 1070. The fourth-order valence-corrected chi connectivity index (χ4v) is 4.43. The van der Waals surface area contributed by atoms with E-state index in [-0.39, 0.29) is 22.8 Å². The zero-order chi connectivity index (χ0) is 21.1. The number of carbonyl (C=O) groups excluding carboxylic acids is 2. The number of ether oxygens (including phenoxy) is 1. The molecule has 30 heavy (non-hydrogen) atoms. The molecule has 1 fully saturated rings. The Balaban J connectivity index is 1.51. The summed E-state index contributed by atoms with van der Waals surface area (Å²) in [6.07, 6.45) is 0. The quantitative estimate of drug-likeness (QED) is 0.638. The molecule has 5 nitrogen and oxygen atoms in total. The molecule has 1 saturated heterocycles. The van der Waals surface area contributed by atoms with E-state index < -0.39 is 5.82 Å². The number of benzene rings is 3. The lowest BCUT2D eigenvalue weighted by Crippen LogP contribution is -2.27. The van der Waals surface area contributed by atoms with E-state index in [9.17, 15) is 14.0 Å².